The lowest BCUT2D eigenvalue weighted by Gasteiger charge is -2.34. The van der Waals surface area contributed by atoms with Gasteiger partial charge in [-0.3, -0.25) is 0 Å². The van der Waals surface area contributed by atoms with Crippen molar-refractivity contribution in [1.29, 1.82) is 0 Å². The zero-order chi connectivity index (χ0) is 14.4. The molecule has 5 heteroatoms. The summed E-state index contributed by atoms with van der Waals surface area (Å²) < 4.78 is 16.1. The average Bonchev–Trinajstić information content (AvgIpc) is 2.48. The Labute approximate surface area is 121 Å². The quantitative estimate of drug-likeness (QED) is 0.737. The van der Waals surface area contributed by atoms with E-state index in [1.165, 1.54) is 0 Å². The van der Waals surface area contributed by atoms with Crippen LogP contribution in [0, 0.1) is 0 Å². The van der Waals surface area contributed by atoms with Crippen molar-refractivity contribution in [3.63, 3.8) is 0 Å². The summed E-state index contributed by atoms with van der Waals surface area (Å²) in [6.45, 7) is 5.34. The number of methoxy groups -OCH3 is 2. The van der Waals surface area contributed by atoms with E-state index in [1.807, 2.05) is 12.1 Å². The highest BCUT2D eigenvalue weighted by Crippen LogP contribution is 2.32. The van der Waals surface area contributed by atoms with Gasteiger partial charge in [-0.1, -0.05) is 0 Å². The van der Waals surface area contributed by atoms with Crippen LogP contribution in [0.2, 0.25) is 0 Å². The Kier molecular flexibility index (Phi) is 5.49. The monoisotopic (exact) mass is 280 g/mol. The van der Waals surface area contributed by atoms with Crippen LogP contribution in [-0.2, 0) is 4.74 Å². The van der Waals surface area contributed by atoms with Crippen LogP contribution < -0.4 is 14.4 Å². The summed E-state index contributed by atoms with van der Waals surface area (Å²) in [5, 5.41) is 0. The van der Waals surface area contributed by atoms with Crippen LogP contribution in [0.4, 0.5) is 5.69 Å². The Hall–Kier alpha value is -1.46. The van der Waals surface area contributed by atoms with Gasteiger partial charge in [0, 0.05) is 39.4 Å². The first-order valence-electron chi connectivity index (χ1n) is 6.98. The van der Waals surface area contributed by atoms with Gasteiger partial charge in [-0.2, -0.15) is 0 Å². The van der Waals surface area contributed by atoms with Crippen LogP contribution in [0.1, 0.15) is 0 Å². The van der Waals surface area contributed by atoms with Gasteiger partial charge in [-0.15, -0.1) is 0 Å². The van der Waals surface area contributed by atoms with Crippen LogP contribution in [0.25, 0.3) is 0 Å². The maximum atomic E-state index is 5.62. The zero-order valence-electron chi connectivity index (χ0n) is 12.6. The van der Waals surface area contributed by atoms with Crippen LogP contribution in [0.5, 0.6) is 11.5 Å². The second kappa shape index (κ2) is 7.36. The van der Waals surface area contributed by atoms with E-state index in [0.29, 0.717) is 13.2 Å². The van der Waals surface area contributed by atoms with E-state index < -0.39 is 0 Å². The molecule has 0 N–H and O–H groups in total. The molecule has 20 heavy (non-hydrogen) atoms. The summed E-state index contributed by atoms with van der Waals surface area (Å²) in [6, 6.07) is 6.02. The van der Waals surface area contributed by atoms with E-state index in [9.17, 15) is 0 Å². The van der Waals surface area contributed by atoms with E-state index in [-0.39, 0.29) is 0 Å². The highest BCUT2D eigenvalue weighted by molar-refractivity contribution is 5.61. The molecule has 5 nitrogen and oxygen atoms in total. The van der Waals surface area contributed by atoms with E-state index in [4.69, 9.17) is 14.2 Å². The smallest absolute Gasteiger partial charge is 0.145 e. The molecule has 1 aromatic carbocycles. The van der Waals surface area contributed by atoms with Gasteiger partial charge in [0.2, 0.25) is 0 Å². The predicted octanol–water partition coefficient (Wildman–Crippen LogP) is 1.47. The molecule has 1 aliphatic rings. The van der Waals surface area contributed by atoms with Crippen molar-refractivity contribution in [1.82, 2.24) is 4.90 Å². The number of anilines is 1. The maximum absolute atomic E-state index is 5.62. The molecule has 1 aromatic rings. The second-order valence-corrected chi connectivity index (χ2v) is 4.97. The molecule has 0 radical (unpaired) electrons. The molecule has 0 atom stereocenters. The minimum absolute atomic E-state index is 0.549. The van der Waals surface area contributed by atoms with Crippen molar-refractivity contribution in [2.45, 2.75) is 0 Å². The van der Waals surface area contributed by atoms with Gasteiger partial charge in [0.15, 0.2) is 0 Å². The Morgan fingerprint density at radius 2 is 1.80 bits per heavy atom. The average molecular weight is 280 g/mol. The Balaban J connectivity index is 2.05. The van der Waals surface area contributed by atoms with Crippen molar-refractivity contribution in [3.05, 3.63) is 18.2 Å². The molecule has 0 saturated carbocycles. The van der Waals surface area contributed by atoms with Crippen LogP contribution in [0.3, 0.4) is 0 Å². The number of benzene rings is 1. The van der Waals surface area contributed by atoms with Gasteiger partial charge in [0.05, 0.1) is 19.4 Å². The van der Waals surface area contributed by atoms with Crippen molar-refractivity contribution in [3.8, 4) is 11.5 Å². The molecule has 1 heterocycles. The molecular formula is C15H24N2O3. The van der Waals surface area contributed by atoms with Gasteiger partial charge in [0.25, 0.3) is 0 Å². The SMILES string of the molecule is COCCOc1ccc(N2CCN(C)CC2)c(OC)c1. The second-order valence-electron chi connectivity index (χ2n) is 4.97. The third-order valence-electron chi connectivity index (χ3n) is 3.55. The summed E-state index contributed by atoms with van der Waals surface area (Å²) in [5.74, 6) is 1.68. The molecule has 1 fully saturated rings. The van der Waals surface area contributed by atoms with Crippen LogP contribution in [-0.4, -0.2) is 65.6 Å². The lowest BCUT2D eigenvalue weighted by atomic mass is 10.2. The fourth-order valence-corrected chi connectivity index (χ4v) is 2.30. The Morgan fingerprint density at radius 3 is 2.45 bits per heavy atom. The van der Waals surface area contributed by atoms with E-state index in [2.05, 4.69) is 22.9 Å². The first kappa shape index (κ1) is 14.9. The maximum Gasteiger partial charge on any atom is 0.145 e. The molecule has 1 aliphatic heterocycles. The molecule has 0 aromatic heterocycles. The predicted molar refractivity (Wildman–Crippen MR) is 80.1 cm³/mol. The zero-order valence-corrected chi connectivity index (χ0v) is 12.6. The normalized spacial score (nSPS) is 16.2. The Morgan fingerprint density at radius 1 is 1.05 bits per heavy atom. The number of hydrogen-bond donors (Lipinski definition) is 0. The van der Waals surface area contributed by atoms with Crippen LogP contribution >= 0.6 is 0 Å². The number of piperazine rings is 1. The standard InChI is InChI=1S/C15H24N2O3/c1-16-6-8-17(9-7-16)14-5-4-13(12-15(14)19-3)20-11-10-18-2/h4-5,12H,6-11H2,1-3H3. The number of hydrogen-bond acceptors (Lipinski definition) is 5. The first-order valence-corrected chi connectivity index (χ1v) is 6.98. The van der Waals surface area contributed by atoms with Gasteiger partial charge < -0.3 is 24.0 Å². The molecule has 0 spiro atoms. The topological polar surface area (TPSA) is 34.2 Å². The molecule has 112 valence electrons. The lowest BCUT2D eigenvalue weighted by molar-refractivity contribution is 0.146. The fourth-order valence-electron chi connectivity index (χ4n) is 2.30. The molecular weight excluding hydrogens is 256 g/mol. The van der Waals surface area contributed by atoms with Gasteiger partial charge in [-0.05, 0) is 19.2 Å². The van der Waals surface area contributed by atoms with Gasteiger partial charge >= 0.3 is 0 Å². The summed E-state index contributed by atoms with van der Waals surface area (Å²) in [4.78, 5) is 4.70. The van der Waals surface area contributed by atoms with Gasteiger partial charge in [-0.25, -0.2) is 0 Å². The van der Waals surface area contributed by atoms with E-state index in [0.717, 1.165) is 43.4 Å². The third kappa shape index (κ3) is 3.77. The summed E-state index contributed by atoms with van der Waals surface area (Å²) in [6.07, 6.45) is 0. The fraction of sp³-hybridized carbons (Fsp3) is 0.600. The third-order valence-corrected chi connectivity index (χ3v) is 3.55. The highest BCUT2D eigenvalue weighted by Gasteiger charge is 2.17. The number of likely N-dealkylation sites (N-methyl/N-ethyl adjacent to an activating group) is 1. The molecule has 0 unspecified atom stereocenters. The first-order chi connectivity index (χ1) is 9.74. The molecule has 0 amide bonds. The van der Waals surface area contributed by atoms with Crippen molar-refractivity contribution in [2.75, 3.05) is 65.6 Å². The minimum Gasteiger partial charge on any atom is -0.494 e. The van der Waals surface area contributed by atoms with E-state index >= 15 is 0 Å². The summed E-state index contributed by atoms with van der Waals surface area (Å²) in [5.41, 5.74) is 1.14. The molecule has 0 aliphatic carbocycles. The molecule has 1 saturated heterocycles. The number of rotatable bonds is 6. The van der Waals surface area contributed by atoms with Gasteiger partial charge in [0.1, 0.15) is 18.1 Å². The molecule has 2 rings (SSSR count). The highest BCUT2D eigenvalue weighted by atomic mass is 16.5. The van der Waals surface area contributed by atoms with E-state index in [1.54, 1.807) is 14.2 Å². The minimum atomic E-state index is 0.549. The summed E-state index contributed by atoms with van der Waals surface area (Å²) >= 11 is 0. The number of nitrogens with zero attached hydrogens (tertiary/aromatic N) is 2. The van der Waals surface area contributed by atoms with Crippen molar-refractivity contribution >= 4 is 5.69 Å². The van der Waals surface area contributed by atoms with Crippen molar-refractivity contribution in [2.24, 2.45) is 0 Å². The van der Waals surface area contributed by atoms with Crippen molar-refractivity contribution < 1.29 is 14.2 Å². The Bertz CT molecular complexity index is 418. The summed E-state index contributed by atoms with van der Waals surface area (Å²) in [7, 11) is 5.52. The lowest BCUT2D eigenvalue weighted by Crippen LogP contribution is -2.44. The van der Waals surface area contributed by atoms with Crippen LogP contribution in [0.15, 0.2) is 18.2 Å². The number of ether oxygens (including phenoxy) is 3. The largest absolute Gasteiger partial charge is 0.494 e. The molecule has 0 bridgehead atoms.